The minimum atomic E-state index is 0.426. The zero-order valence-electron chi connectivity index (χ0n) is 7.48. The molecule has 1 saturated heterocycles. The van der Waals surface area contributed by atoms with Gasteiger partial charge in [0.05, 0.1) is 12.7 Å². The summed E-state index contributed by atoms with van der Waals surface area (Å²) in [5.74, 6) is 0.682. The van der Waals surface area contributed by atoms with Crippen LogP contribution in [0.3, 0.4) is 0 Å². The summed E-state index contributed by atoms with van der Waals surface area (Å²) in [6, 6.07) is 0. The van der Waals surface area contributed by atoms with Crippen molar-refractivity contribution in [2.24, 2.45) is 11.3 Å². The van der Waals surface area contributed by atoms with Gasteiger partial charge in [0, 0.05) is 0 Å². The average Bonchev–Trinajstić information content (AvgIpc) is 2.10. The van der Waals surface area contributed by atoms with Crippen molar-refractivity contribution in [3.8, 4) is 0 Å². The molecule has 1 rings (SSSR count). The Morgan fingerprint density at radius 3 is 2.20 bits per heavy atom. The minimum Gasteiger partial charge on any atom is -0.377 e. The molecule has 60 valence electrons. The molecule has 1 aliphatic heterocycles. The first kappa shape index (κ1) is 8.06. The smallest absolute Gasteiger partial charge is 0.0604 e. The Balaban J connectivity index is 2.43. The van der Waals surface area contributed by atoms with Gasteiger partial charge < -0.3 is 4.74 Å². The van der Waals surface area contributed by atoms with E-state index in [9.17, 15) is 0 Å². The molecule has 0 bridgehead atoms. The zero-order chi connectivity index (χ0) is 7.78. The van der Waals surface area contributed by atoms with Gasteiger partial charge in [-0.15, -0.1) is 0 Å². The summed E-state index contributed by atoms with van der Waals surface area (Å²) in [5, 5.41) is 0. The highest BCUT2D eigenvalue weighted by molar-refractivity contribution is 4.81. The molecule has 0 saturated carbocycles. The van der Waals surface area contributed by atoms with Crippen molar-refractivity contribution in [3.63, 3.8) is 0 Å². The van der Waals surface area contributed by atoms with Gasteiger partial charge in [-0.1, -0.05) is 27.7 Å². The molecule has 1 nitrogen and oxygen atoms in total. The number of ether oxygens (including phenoxy) is 1. The Labute approximate surface area is 63.8 Å². The van der Waals surface area contributed by atoms with Gasteiger partial charge in [-0.2, -0.15) is 0 Å². The molecule has 0 N–H and O–H groups in total. The van der Waals surface area contributed by atoms with Crippen LogP contribution in [0.5, 0.6) is 0 Å². The van der Waals surface area contributed by atoms with E-state index in [2.05, 4.69) is 27.7 Å². The van der Waals surface area contributed by atoms with Crippen LogP contribution in [0.25, 0.3) is 0 Å². The van der Waals surface area contributed by atoms with Crippen molar-refractivity contribution >= 4 is 0 Å². The van der Waals surface area contributed by atoms with Crippen molar-refractivity contribution in [3.05, 3.63) is 0 Å². The monoisotopic (exact) mass is 142 g/mol. The molecule has 0 amide bonds. The van der Waals surface area contributed by atoms with Crippen LogP contribution in [0.2, 0.25) is 0 Å². The molecular formula is C9H18O. The summed E-state index contributed by atoms with van der Waals surface area (Å²) in [6.45, 7) is 9.94. The van der Waals surface area contributed by atoms with Crippen LogP contribution in [0, 0.1) is 11.3 Å². The summed E-state index contributed by atoms with van der Waals surface area (Å²) in [7, 11) is 0. The Morgan fingerprint density at radius 1 is 1.40 bits per heavy atom. The summed E-state index contributed by atoms with van der Waals surface area (Å²) in [4.78, 5) is 0. The number of hydrogen-bond acceptors (Lipinski definition) is 1. The van der Waals surface area contributed by atoms with Crippen molar-refractivity contribution < 1.29 is 4.74 Å². The number of rotatable bonds is 1. The van der Waals surface area contributed by atoms with E-state index in [1.165, 1.54) is 6.42 Å². The molecule has 0 spiro atoms. The molecule has 1 aliphatic rings. The first-order valence-corrected chi connectivity index (χ1v) is 4.13. The summed E-state index contributed by atoms with van der Waals surface area (Å²) < 4.78 is 5.63. The molecule has 1 fully saturated rings. The van der Waals surface area contributed by atoms with Gasteiger partial charge in [-0.05, 0) is 17.8 Å². The molecule has 1 heteroatoms. The lowest BCUT2D eigenvalue weighted by Crippen LogP contribution is -2.14. The van der Waals surface area contributed by atoms with Gasteiger partial charge in [0.25, 0.3) is 0 Å². The van der Waals surface area contributed by atoms with Gasteiger partial charge >= 0.3 is 0 Å². The van der Waals surface area contributed by atoms with Crippen molar-refractivity contribution in [1.29, 1.82) is 0 Å². The second kappa shape index (κ2) is 2.54. The van der Waals surface area contributed by atoms with Gasteiger partial charge in [0.2, 0.25) is 0 Å². The number of hydrogen-bond donors (Lipinski definition) is 0. The van der Waals surface area contributed by atoms with Crippen molar-refractivity contribution in [1.82, 2.24) is 0 Å². The fourth-order valence-electron chi connectivity index (χ4n) is 1.42. The van der Waals surface area contributed by atoms with Crippen molar-refractivity contribution in [2.45, 2.75) is 40.2 Å². The standard InChI is InChI=1S/C9H18O/c1-7(2)8-5-9(3,4)6-10-8/h7-8H,5-6H2,1-4H3/t8-/m1/s1. The molecule has 1 heterocycles. The van der Waals surface area contributed by atoms with Crippen LogP contribution >= 0.6 is 0 Å². The summed E-state index contributed by atoms with van der Waals surface area (Å²) >= 11 is 0. The summed E-state index contributed by atoms with van der Waals surface area (Å²) in [6.07, 6.45) is 1.74. The van der Waals surface area contributed by atoms with Crippen molar-refractivity contribution in [2.75, 3.05) is 6.61 Å². The third-order valence-electron chi connectivity index (χ3n) is 2.19. The normalized spacial score (nSPS) is 31.5. The van der Waals surface area contributed by atoms with Crippen LogP contribution in [-0.2, 0) is 4.74 Å². The second-order valence-corrected chi connectivity index (χ2v) is 4.46. The van der Waals surface area contributed by atoms with Crippen LogP contribution in [0.15, 0.2) is 0 Å². The lowest BCUT2D eigenvalue weighted by atomic mass is 9.88. The van der Waals surface area contributed by atoms with Gasteiger partial charge in [-0.25, -0.2) is 0 Å². The van der Waals surface area contributed by atoms with Crippen LogP contribution in [-0.4, -0.2) is 12.7 Å². The molecule has 0 radical (unpaired) electrons. The average molecular weight is 142 g/mol. The van der Waals surface area contributed by atoms with E-state index in [0.29, 0.717) is 17.4 Å². The fraction of sp³-hybridized carbons (Fsp3) is 1.00. The van der Waals surface area contributed by atoms with Crippen LogP contribution in [0.1, 0.15) is 34.1 Å². The highest BCUT2D eigenvalue weighted by Crippen LogP contribution is 2.34. The maximum absolute atomic E-state index is 5.63. The van der Waals surface area contributed by atoms with Crippen LogP contribution in [0.4, 0.5) is 0 Å². The highest BCUT2D eigenvalue weighted by atomic mass is 16.5. The molecule has 0 aliphatic carbocycles. The van der Waals surface area contributed by atoms with Gasteiger partial charge in [0.1, 0.15) is 0 Å². The molecule has 0 aromatic rings. The third kappa shape index (κ3) is 1.72. The lowest BCUT2D eigenvalue weighted by molar-refractivity contribution is 0.0691. The predicted octanol–water partition coefficient (Wildman–Crippen LogP) is 2.46. The maximum Gasteiger partial charge on any atom is 0.0604 e. The molecular weight excluding hydrogens is 124 g/mol. The molecule has 0 unspecified atom stereocenters. The quantitative estimate of drug-likeness (QED) is 0.546. The zero-order valence-corrected chi connectivity index (χ0v) is 7.48. The SMILES string of the molecule is CC(C)[C@H]1CC(C)(C)CO1. The fourth-order valence-corrected chi connectivity index (χ4v) is 1.42. The molecule has 0 aromatic carbocycles. The van der Waals surface area contributed by atoms with Gasteiger partial charge in [-0.3, -0.25) is 0 Å². The van der Waals surface area contributed by atoms with E-state index in [1.54, 1.807) is 0 Å². The lowest BCUT2D eigenvalue weighted by Gasteiger charge is -2.15. The minimum absolute atomic E-state index is 0.426. The summed E-state index contributed by atoms with van der Waals surface area (Å²) in [5.41, 5.74) is 0.426. The van der Waals surface area contributed by atoms with E-state index in [-0.39, 0.29) is 0 Å². The Hall–Kier alpha value is -0.0400. The first-order chi connectivity index (χ1) is 4.51. The van der Waals surface area contributed by atoms with Crippen LogP contribution < -0.4 is 0 Å². The van der Waals surface area contributed by atoms with E-state index in [4.69, 9.17) is 4.74 Å². The molecule has 0 aromatic heterocycles. The van der Waals surface area contributed by atoms with E-state index in [0.717, 1.165) is 6.61 Å². The Morgan fingerprint density at radius 2 is 2.00 bits per heavy atom. The highest BCUT2D eigenvalue weighted by Gasteiger charge is 2.33. The Bertz CT molecular complexity index is 116. The second-order valence-electron chi connectivity index (χ2n) is 4.46. The largest absolute Gasteiger partial charge is 0.377 e. The molecule has 10 heavy (non-hydrogen) atoms. The van der Waals surface area contributed by atoms with E-state index in [1.807, 2.05) is 0 Å². The maximum atomic E-state index is 5.63. The third-order valence-corrected chi connectivity index (χ3v) is 2.19. The predicted molar refractivity (Wildman–Crippen MR) is 43.0 cm³/mol. The molecule has 1 atom stereocenters. The van der Waals surface area contributed by atoms with Gasteiger partial charge in [0.15, 0.2) is 0 Å². The topological polar surface area (TPSA) is 9.23 Å². The van der Waals surface area contributed by atoms with E-state index >= 15 is 0 Å². The van der Waals surface area contributed by atoms with E-state index < -0.39 is 0 Å². The first-order valence-electron chi connectivity index (χ1n) is 4.13. The Kier molecular flexibility index (Phi) is 2.04.